The molecular formula is C13H19N3O3. The number of aromatic amines is 1. The Bertz CT molecular complexity index is 444. The molecule has 3 atom stereocenters. The van der Waals surface area contributed by atoms with Gasteiger partial charge in [0.05, 0.1) is 6.33 Å². The number of carbonyl (C=O) groups is 2. The fourth-order valence-corrected chi connectivity index (χ4v) is 2.63. The van der Waals surface area contributed by atoms with Crippen LogP contribution in [0, 0.1) is 11.8 Å². The first-order valence-corrected chi connectivity index (χ1v) is 6.58. The topological polar surface area (TPSA) is 95.1 Å². The predicted molar refractivity (Wildman–Crippen MR) is 68.4 cm³/mol. The van der Waals surface area contributed by atoms with Gasteiger partial charge in [-0.15, -0.1) is 0 Å². The zero-order valence-electron chi connectivity index (χ0n) is 10.9. The highest BCUT2D eigenvalue weighted by Gasteiger charge is 2.32. The van der Waals surface area contributed by atoms with Gasteiger partial charge in [0.2, 0.25) is 5.91 Å². The number of carbonyl (C=O) groups excluding carboxylic acids is 1. The van der Waals surface area contributed by atoms with Gasteiger partial charge < -0.3 is 15.4 Å². The summed E-state index contributed by atoms with van der Waals surface area (Å²) in [7, 11) is 0. The summed E-state index contributed by atoms with van der Waals surface area (Å²) in [5.74, 6) is -0.879. The largest absolute Gasteiger partial charge is 0.480 e. The smallest absolute Gasteiger partial charge is 0.326 e. The van der Waals surface area contributed by atoms with E-state index in [1.807, 2.05) is 6.92 Å². The van der Waals surface area contributed by atoms with Gasteiger partial charge in [0.1, 0.15) is 6.04 Å². The van der Waals surface area contributed by atoms with E-state index in [1.54, 1.807) is 6.20 Å². The van der Waals surface area contributed by atoms with Crippen LogP contribution in [-0.4, -0.2) is 33.0 Å². The second kappa shape index (κ2) is 5.86. The molecule has 19 heavy (non-hydrogen) atoms. The molecule has 0 aromatic carbocycles. The van der Waals surface area contributed by atoms with Crippen LogP contribution in [0.25, 0.3) is 0 Å². The van der Waals surface area contributed by atoms with Gasteiger partial charge in [0.15, 0.2) is 0 Å². The highest BCUT2D eigenvalue weighted by Crippen LogP contribution is 2.31. The average Bonchev–Trinajstić information content (AvgIpc) is 2.99. The van der Waals surface area contributed by atoms with E-state index < -0.39 is 12.0 Å². The zero-order chi connectivity index (χ0) is 13.8. The molecule has 0 spiro atoms. The number of hydrogen-bond donors (Lipinski definition) is 3. The SMILES string of the molecule is CC1CCCC1C(=O)N[C@@H](Cc1cnc[nH]1)C(=O)O. The van der Waals surface area contributed by atoms with Crippen molar-refractivity contribution in [2.45, 2.75) is 38.6 Å². The number of rotatable bonds is 5. The van der Waals surface area contributed by atoms with E-state index in [-0.39, 0.29) is 18.2 Å². The van der Waals surface area contributed by atoms with Crippen LogP contribution < -0.4 is 5.32 Å². The van der Waals surface area contributed by atoms with Gasteiger partial charge >= 0.3 is 5.97 Å². The molecule has 1 amide bonds. The van der Waals surface area contributed by atoms with E-state index in [4.69, 9.17) is 0 Å². The molecule has 6 heteroatoms. The standard InChI is InChI=1S/C13H19N3O3/c1-8-3-2-4-10(8)12(17)16-11(13(18)19)5-9-6-14-7-15-9/h6-8,10-11H,2-5H2,1H3,(H,14,15)(H,16,17)(H,18,19)/t8?,10?,11-/m0/s1. The van der Waals surface area contributed by atoms with Crippen molar-refractivity contribution >= 4 is 11.9 Å². The van der Waals surface area contributed by atoms with E-state index in [0.29, 0.717) is 11.6 Å². The van der Waals surface area contributed by atoms with Crippen molar-refractivity contribution < 1.29 is 14.7 Å². The highest BCUT2D eigenvalue weighted by atomic mass is 16.4. The lowest BCUT2D eigenvalue weighted by Gasteiger charge is -2.19. The van der Waals surface area contributed by atoms with Gasteiger partial charge in [0, 0.05) is 24.2 Å². The second-order valence-corrected chi connectivity index (χ2v) is 5.20. The third-order valence-corrected chi connectivity index (χ3v) is 3.79. The Morgan fingerprint density at radius 1 is 1.58 bits per heavy atom. The van der Waals surface area contributed by atoms with Crippen molar-refractivity contribution in [1.82, 2.24) is 15.3 Å². The van der Waals surface area contributed by atoms with Crippen LogP contribution in [0.1, 0.15) is 31.9 Å². The first-order chi connectivity index (χ1) is 9.08. The quantitative estimate of drug-likeness (QED) is 0.739. The normalized spacial score (nSPS) is 24.1. The lowest BCUT2D eigenvalue weighted by Crippen LogP contribution is -2.45. The van der Waals surface area contributed by atoms with Crippen molar-refractivity contribution in [2.24, 2.45) is 11.8 Å². The number of H-pyrrole nitrogens is 1. The van der Waals surface area contributed by atoms with E-state index in [1.165, 1.54) is 6.33 Å². The number of nitrogens with zero attached hydrogens (tertiary/aromatic N) is 1. The molecule has 3 N–H and O–H groups in total. The number of amides is 1. The highest BCUT2D eigenvalue weighted by molar-refractivity contribution is 5.85. The summed E-state index contributed by atoms with van der Waals surface area (Å²) in [5, 5.41) is 11.8. The summed E-state index contributed by atoms with van der Waals surface area (Å²) in [4.78, 5) is 30.0. The molecule has 2 rings (SSSR count). The van der Waals surface area contributed by atoms with Crippen LogP contribution in [0.5, 0.6) is 0 Å². The van der Waals surface area contributed by atoms with Crippen LogP contribution >= 0.6 is 0 Å². The Labute approximate surface area is 111 Å². The Morgan fingerprint density at radius 2 is 2.37 bits per heavy atom. The number of nitrogens with one attached hydrogen (secondary N) is 2. The average molecular weight is 265 g/mol. The minimum atomic E-state index is -1.02. The lowest BCUT2D eigenvalue weighted by molar-refractivity contribution is -0.142. The molecule has 1 aromatic heterocycles. The maximum Gasteiger partial charge on any atom is 0.326 e. The van der Waals surface area contributed by atoms with Gasteiger partial charge in [-0.05, 0) is 18.8 Å². The monoisotopic (exact) mass is 265 g/mol. The summed E-state index contributed by atoms with van der Waals surface area (Å²) in [5.41, 5.74) is 0.701. The van der Waals surface area contributed by atoms with Crippen molar-refractivity contribution in [3.63, 3.8) is 0 Å². The minimum absolute atomic E-state index is 0.0522. The van der Waals surface area contributed by atoms with Gasteiger partial charge in [-0.2, -0.15) is 0 Å². The maximum absolute atomic E-state index is 12.1. The molecule has 1 aliphatic carbocycles. The summed E-state index contributed by atoms with van der Waals surface area (Å²) in [6.45, 7) is 2.04. The summed E-state index contributed by atoms with van der Waals surface area (Å²) < 4.78 is 0. The molecular weight excluding hydrogens is 246 g/mol. The molecule has 6 nitrogen and oxygen atoms in total. The van der Waals surface area contributed by atoms with Gasteiger partial charge in [-0.3, -0.25) is 4.79 Å². The predicted octanol–water partition coefficient (Wildman–Crippen LogP) is 0.958. The molecule has 104 valence electrons. The third kappa shape index (κ3) is 3.33. The Kier molecular flexibility index (Phi) is 4.19. The number of carboxylic acid groups (broad SMARTS) is 1. The van der Waals surface area contributed by atoms with Gasteiger partial charge in [0.25, 0.3) is 0 Å². The number of carboxylic acids is 1. The van der Waals surface area contributed by atoms with E-state index in [0.717, 1.165) is 19.3 Å². The van der Waals surface area contributed by atoms with E-state index in [2.05, 4.69) is 15.3 Å². The Balaban J connectivity index is 1.96. The molecule has 1 aromatic rings. The van der Waals surface area contributed by atoms with Gasteiger partial charge in [-0.1, -0.05) is 13.3 Å². The summed E-state index contributed by atoms with van der Waals surface area (Å²) in [6, 6.07) is -0.902. The fraction of sp³-hybridized carbons (Fsp3) is 0.615. The first kappa shape index (κ1) is 13.6. The van der Waals surface area contributed by atoms with Crippen LogP contribution in [0.2, 0.25) is 0 Å². The number of hydrogen-bond acceptors (Lipinski definition) is 3. The fourth-order valence-electron chi connectivity index (χ4n) is 2.63. The number of imidazole rings is 1. The van der Waals surface area contributed by atoms with Gasteiger partial charge in [-0.25, -0.2) is 9.78 Å². The Morgan fingerprint density at radius 3 is 2.89 bits per heavy atom. The van der Waals surface area contributed by atoms with Crippen molar-refractivity contribution in [3.8, 4) is 0 Å². The summed E-state index contributed by atoms with van der Waals surface area (Å²) >= 11 is 0. The molecule has 0 saturated heterocycles. The lowest BCUT2D eigenvalue weighted by atomic mass is 9.96. The van der Waals surface area contributed by atoms with Crippen LogP contribution in [0.4, 0.5) is 0 Å². The number of aliphatic carboxylic acids is 1. The Hall–Kier alpha value is -1.85. The van der Waals surface area contributed by atoms with Crippen LogP contribution in [0.15, 0.2) is 12.5 Å². The molecule has 1 saturated carbocycles. The molecule has 1 heterocycles. The van der Waals surface area contributed by atoms with Crippen LogP contribution in [0.3, 0.4) is 0 Å². The summed E-state index contributed by atoms with van der Waals surface area (Å²) in [6.07, 6.45) is 6.22. The molecule has 0 aliphatic heterocycles. The zero-order valence-corrected chi connectivity index (χ0v) is 10.9. The maximum atomic E-state index is 12.1. The number of aromatic nitrogens is 2. The molecule has 0 bridgehead atoms. The van der Waals surface area contributed by atoms with E-state index in [9.17, 15) is 14.7 Å². The van der Waals surface area contributed by atoms with E-state index >= 15 is 0 Å². The first-order valence-electron chi connectivity index (χ1n) is 6.58. The van der Waals surface area contributed by atoms with Crippen molar-refractivity contribution in [2.75, 3.05) is 0 Å². The van der Waals surface area contributed by atoms with Crippen molar-refractivity contribution in [3.05, 3.63) is 18.2 Å². The molecule has 0 radical (unpaired) electrons. The second-order valence-electron chi connectivity index (χ2n) is 5.20. The molecule has 1 aliphatic rings. The van der Waals surface area contributed by atoms with Crippen molar-refractivity contribution in [1.29, 1.82) is 0 Å². The minimum Gasteiger partial charge on any atom is -0.480 e. The molecule has 1 fully saturated rings. The van der Waals surface area contributed by atoms with Crippen LogP contribution in [-0.2, 0) is 16.0 Å². The third-order valence-electron chi connectivity index (χ3n) is 3.79. The molecule has 2 unspecified atom stereocenters.